The molecule has 0 aliphatic rings. The molecule has 1 nitrogen and oxygen atoms in total. The predicted molar refractivity (Wildman–Crippen MR) is 96.6 cm³/mol. The molecular weight excluding hydrogens is 366 g/mol. The predicted octanol–water partition coefficient (Wildman–Crippen LogP) is 5.55. The van der Waals surface area contributed by atoms with E-state index in [1.807, 2.05) is 18.2 Å². The molecule has 112 valence electrons. The van der Waals surface area contributed by atoms with Crippen molar-refractivity contribution in [1.29, 1.82) is 0 Å². The van der Waals surface area contributed by atoms with E-state index in [1.54, 1.807) is 0 Å². The summed E-state index contributed by atoms with van der Waals surface area (Å²) in [5, 5.41) is 2.31. The first-order valence-corrected chi connectivity index (χ1v) is 9.36. The second kappa shape index (κ2) is 20.5. The molecule has 0 bridgehead atoms. The van der Waals surface area contributed by atoms with Crippen LogP contribution in [0.15, 0.2) is 30.3 Å². The first-order valence-electron chi connectivity index (χ1n) is 7.12. The Bertz CT molecular complexity index is 230. The molecule has 0 amide bonds. The van der Waals surface area contributed by atoms with Crippen molar-refractivity contribution in [3.05, 3.63) is 35.9 Å². The molecule has 1 aromatic carbocycles. The van der Waals surface area contributed by atoms with Gasteiger partial charge in [0.05, 0.1) is 0 Å². The van der Waals surface area contributed by atoms with Gasteiger partial charge in [0.15, 0.2) is 0 Å². The third-order valence-electron chi connectivity index (χ3n) is 2.25. The monoisotopic (exact) mass is 393 g/mol. The highest BCUT2D eigenvalue weighted by molar-refractivity contribution is 9.09. The van der Waals surface area contributed by atoms with Crippen LogP contribution in [0.1, 0.15) is 45.1 Å². The van der Waals surface area contributed by atoms with Crippen molar-refractivity contribution in [2.75, 3.05) is 17.2 Å². The molecule has 19 heavy (non-hydrogen) atoms. The minimum Gasteiger partial charge on any atom is -0.330 e. The normalized spacial score (nSPS) is 8.89. The first kappa shape index (κ1) is 21.4. The summed E-state index contributed by atoms with van der Waals surface area (Å²) in [6, 6.07) is 10.3. The summed E-state index contributed by atoms with van der Waals surface area (Å²) in [5.41, 5.74) is 6.68. The zero-order chi connectivity index (χ0) is 14.8. The Hall–Kier alpha value is 0.140. The number of hydrogen-bond donors (Lipinski definition) is 1. The third-order valence-corrected chi connectivity index (χ3v) is 3.37. The minimum atomic E-state index is 0.740. The maximum absolute atomic E-state index is 5.36. The minimum absolute atomic E-state index is 0.740. The van der Waals surface area contributed by atoms with Crippen molar-refractivity contribution in [2.45, 2.75) is 46.0 Å². The van der Waals surface area contributed by atoms with E-state index in [1.165, 1.54) is 31.2 Å². The van der Waals surface area contributed by atoms with Crippen LogP contribution in [0.25, 0.3) is 0 Å². The lowest BCUT2D eigenvalue weighted by molar-refractivity contribution is 0.902. The van der Waals surface area contributed by atoms with Crippen molar-refractivity contribution in [3.8, 4) is 0 Å². The lowest BCUT2D eigenvalue weighted by atomic mass is 10.2. The van der Waals surface area contributed by atoms with Crippen molar-refractivity contribution in [1.82, 2.24) is 0 Å². The van der Waals surface area contributed by atoms with Gasteiger partial charge in [0.25, 0.3) is 0 Å². The molecule has 0 spiro atoms. The number of nitrogens with two attached hydrogens (primary N) is 1. The van der Waals surface area contributed by atoms with Crippen molar-refractivity contribution < 1.29 is 0 Å². The average molecular weight is 395 g/mol. The standard InChI is InChI=1S/C8H11N.2C4H9Br/c9-7-6-8-4-2-1-3-5-8;2*1-2-3-4-5/h1-5H,6-7,9H2;2*2-4H2,1H3. The van der Waals surface area contributed by atoms with Crippen LogP contribution in [0.5, 0.6) is 0 Å². The Morgan fingerprint density at radius 2 is 1.37 bits per heavy atom. The van der Waals surface area contributed by atoms with Gasteiger partial charge < -0.3 is 5.73 Å². The number of unbranched alkanes of at least 4 members (excludes halogenated alkanes) is 2. The lowest BCUT2D eigenvalue weighted by Gasteiger charge is -1.93. The number of hydrogen-bond acceptors (Lipinski definition) is 1. The van der Waals surface area contributed by atoms with Gasteiger partial charge in [0, 0.05) is 10.7 Å². The van der Waals surface area contributed by atoms with E-state index in [0.717, 1.165) is 23.6 Å². The van der Waals surface area contributed by atoms with Crippen LogP contribution in [-0.2, 0) is 6.42 Å². The van der Waals surface area contributed by atoms with Gasteiger partial charge in [-0.1, -0.05) is 88.9 Å². The molecule has 0 atom stereocenters. The molecule has 0 aliphatic heterocycles. The van der Waals surface area contributed by atoms with Gasteiger partial charge in [-0.2, -0.15) is 0 Å². The highest BCUT2D eigenvalue weighted by Gasteiger charge is 1.84. The molecule has 0 saturated heterocycles. The molecule has 1 aromatic rings. The largest absolute Gasteiger partial charge is 0.330 e. The number of rotatable bonds is 6. The quantitative estimate of drug-likeness (QED) is 0.628. The van der Waals surface area contributed by atoms with E-state index in [4.69, 9.17) is 5.73 Å². The molecule has 0 aliphatic carbocycles. The van der Waals surface area contributed by atoms with Crippen LogP contribution in [0.4, 0.5) is 0 Å². The van der Waals surface area contributed by atoms with Crippen LogP contribution in [0.3, 0.4) is 0 Å². The van der Waals surface area contributed by atoms with Gasteiger partial charge in [-0.3, -0.25) is 0 Å². The molecule has 0 aromatic heterocycles. The Morgan fingerprint density at radius 3 is 1.63 bits per heavy atom. The smallest absolute Gasteiger partial charge is 0.00312 e. The maximum atomic E-state index is 5.36. The van der Waals surface area contributed by atoms with Crippen molar-refractivity contribution in [3.63, 3.8) is 0 Å². The third kappa shape index (κ3) is 20.6. The summed E-state index contributed by atoms with van der Waals surface area (Å²) in [5.74, 6) is 0. The Kier molecular flexibility index (Phi) is 23.1. The number of halogens is 2. The van der Waals surface area contributed by atoms with Crippen LogP contribution in [0.2, 0.25) is 0 Å². The summed E-state index contributed by atoms with van der Waals surface area (Å²) in [7, 11) is 0. The Labute approximate surface area is 136 Å². The van der Waals surface area contributed by atoms with Crippen LogP contribution >= 0.6 is 31.9 Å². The summed E-state index contributed by atoms with van der Waals surface area (Å²) in [4.78, 5) is 0. The maximum Gasteiger partial charge on any atom is 0.00312 e. The fourth-order valence-electron chi connectivity index (χ4n) is 1.08. The van der Waals surface area contributed by atoms with Gasteiger partial charge in [0.1, 0.15) is 0 Å². The van der Waals surface area contributed by atoms with E-state index in [2.05, 4.69) is 57.8 Å². The Balaban J connectivity index is 0. The Morgan fingerprint density at radius 1 is 0.895 bits per heavy atom. The fourth-order valence-corrected chi connectivity index (χ4v) is 2.20. The van der Waals surface area contributed by atoms with Gasteiger partial charge in [-0.15, -0.1) is 0 Å². The van der Waals surface area contributed by atoms with E-state index < -0.39 is 0 Å². The summed E-state index contributed by atoms with van der Waals surface area (Å²) in [6.45, 7) is 5.10. The van der Waals surface area contributed by atoms with E-state index in [-0.39, 0.29) is 0 Å². The van der Waals surface area contributed by atoms with Crippen molar-refractivity contribution >= 4 is 31.9 Å². The topological polar surface area (TPSA) is 26.0 Å². The SMILES string of the molecule is CCCCBr.CCCCBr.NCCc1ccccc1. The van der Waals surface area contributed by atoms with Gasteiger partial charge in [0.2, 0.25) is 0 Å². The van der Waals surface area contributed by atoms with Crippen LogP contribution in [-0.4, -0.2) is 17.2 Å². The summed E-state index contributed by atoms with van der Waals surface area (Å²) in [6.07, 6.45) is 6.19. The molecular formula is C16H29Br2N. The van der Waals surface area contributed by atoms with E-state index in [9.17, 15) is 0 Å². The highest BCUT2D eigenvalue weighted by Crippen LogP contribution is 1.96. The van der Waals surface area contributed by atoms with Gasteiger partial charge in [-0.05, 0) is 31.4 Å². The van der Waals surface area contributed by atoms with E-state index >= 15 is 0 Å². The molecule has 1 rings (SSSR count). The number of alkyl halides is 2. The second-order valence-corrected chi connectivity index (χ2v) is 5.70. The van der Waals surface area contributed by atoms with Gasteiger partial charge >= 0.3 is 0 Å². The molecule has 3 heteroatoms. The fraction of sp³-hybridized carbons (Fsp3) is 0.625. The summed E-state index contributed by atoms with van der Waals surface area (Å²) < 4.78 is 0. The molecule has 0 saturated carbocycles. The molecule has 2 N–H and O–H groups in total. The molecule has 0 fully saturated rings. The van der Waals surface area contributed by atoms with Crippen LogP contribution < -0.4 is 5.73 Å². The van der Waals surface area contributed by atoms with Crippen molar-refractivity contribution in [2.24, 2.45) is 5.73 Å². The lowest BCUT2D eigenvalue weighted by Crippen LogP contribution is -2.01. The molecule has 0 heterocycles. The molecule has 0 unspecified atom stereocenters. The average Bonchev–Trinajstić information content (AvgIpc) is 2.44. The summed E-state index contributed by atoms with van der Waals surface area (Å²) >= 11 is 6.62. The zero-order valence-corrected chi connectivity index (χ0v) is 15.5. The van der Waals surface area contributed by atoms with Gasteiger partial charge in [-0.25, -0.2) is 0 Å². The number of benzene rings is 1. The zero-order valence-electron chi connectivity index (χ0n) is 12.4. The second-order valence-electron chi connectivity index (χ2n) is 4.11. The molecule has 0 radical (unpaired) electrons. The van der Waals surface area contributed by atoms with E-state index in [0.29, 0.717) is 0 Å². The highest BCUT2D eigenvalue weighted by atomic mass is 79.9. The van der Waals surface area contributed by atoms with Crippen LogP contribution in [0, 0.1) is 0 Å². The first-order chi connectivity index (χ1) is 9.26.